The molecule has 0 amide bonds. The monoisotopic (exact) mass is 510 g/mol. The zero-order valence-corrected chi connectivity index (χ0v) is 20.2. The Hall–Kier alpha value is -3.12. The Bertz CT molecular complexity index is 1050. The van der Waals surface area contributed by atoms with Crippen molar-refractivity contribution in [3.05, 3.63) is 94.0 Å². The van der Waals surface area contributed by atoms with Gasteiger partial charge in [0.25, 0.3) is 0 Å². The van der Waals surface area contributed by atoms with Crippen molar-refractivity contribution in [1.29, 1.82) is 0 Å². The van der Waals surface area contributed by atoms with Gasteiger partial charge in [-0.15, -0.1) is 0 Å². The Kier molecular flexibility index (Phi) is 9.51. The van der Waals surface area contributed by atoms with Gasteiger partial charge >= 0.3 is 11.9 Å². The molecule has 0 radical (unpaired) electrons. The highest BCUT2D eigenvalue weighted by molar-refractivity contribution is 9.10. The lowest BCUT2D eigenvalue weighted by Gasteiger charge is -2.10. The van der Waals surface area contributed by atoms with E-state index in [0.29, 0.717) is 40.3 Å². The number of hydrogen-bond donors (Lipinski definition) is 0. The summed E-state index contributed by atoms with van der Waals surface area (Å²) in [7, 11) is 0. The van der Waals surface area contributed by atoms with E-state index in [0.717, 1.165) is 25.7 Å². The maximum absolute atomic E-state index is 12.5. The van der Waals surface area contributed by atoms with Gasteiger partial charge in [-0.2, -0.15) is 0 Å². The van der Waals surface area contributed by atoms with Gasteiger partial charge in [0.05, 0.1) is 28.8 Å². The first-order valence-electron chi connectivity index (χ1n) is 11.0. The summed E-state index contributed by atoms with van der Waals surface area (Å²) in [4.78, 5) is 24.7. The number of benzene rings is 3. The molecule has 0 heterocycles. The van der Waals surface area contributed by atoms with Crippen LogP contribution in [0.3, 0.4) is 0 Å². The minimum absolute atomic E-state index is 0.345. The maximum Gasteiger partial charge on any atom is 0.343 e. The third-order valence-electron chi connectivity index (χ3n) is 4.91. The van der Waals surface area contributed by atoms with E-state index < -0.39 is 11.9 Å². The van der Waals surface area contributed by atoms with Crippen LogP contribution in [0.25, 0.3) is 0 Å². The largest absolute Gasteiger partial charge is 0.492 e. The molecule has 172 valence electrons. The first kappa shape index (κ1) is 24.5. The minimum atomic E-state index is -0.493. The van der Waals surface area contributed by atoms with E-state index in [1.165, 1.54) is 5.56 Å². The SMILES string of the molecule is CCCCOc1ccc(C(=O)Oc2ccc(C(=O)OCCCc3ccccc3)cc2)cc1Br. The van der Waals surface area contributed by atoms with E-state index in [1.807, 2.05) is 18.2 Å². The second-order valence-corrected chi connectivity index (χ2v) is 8.34. The summed E-state index contributed by atoms with van der Waals surface area (Å²) in [6.45, 7) is 3.07. The van der Waals surface area contributed by atoms with Gasteiger partial charge in [0.15, 0.2) is 0 Å². The Balaban J connectivity index is 1.47. The number of hydrogen-bond acceptors (Lipinski definition) is 5. The van der Waals surface area contributed by atoms with Gasteiger partial charge in [0.2, 0.25) is 0 Å². The summed E-state index contributed by atoms with van der Waals surface area (Å²) >= 11 is 3.43. The second-order valence-electron chi connectivity index (χ2n) is 7.49. The fraction of sp³-hybridized carbons (Fsp3) is 0.259. The average molecular weight is 511 g/mol. The van der Waals surface area contributed by atoms with Crippen molar-refractivity contribution in [3.8, 4) is 11.5 Å². The summed E-state index contributed by atoms with van der Waals surface area (Å²) < 4.78 is 17.1. The zero-order valence-electron chi connectivity index (χ0n) is 18.6. The average Bonchev–Trinajstić information content (AvgIpc) is 2.84. The van der Waals surface area contributed by atoms with E-state index in [9.17, 15) is 9.59 Å². The molecule has 0 unspecified atom stereocenters. The van der Waals surface area contributed by atoms with Crippen molar-refractivity contribution in [2.75, 3.05) is 13.2 Å². The lowest BCUT2D eigenvalue weighted by Crippen LogP contribution is -2.10. The van der Waals surface area contributed by atoms with Gasteiger partial charge in [-0.25, -0.2) is 9.59 Å². The smallest absolute Gasteiger partial charge is 0.343 e. The van der Waals surface area contributed by atoms with Crippen LogP contribution in [-0.4, -0.2) is 25.2 Å². The number of rotatable bonds is 11. The zero-order chi connectivity index (χ0) is 23.5. The highest BCUT2D eigenvalue weighted by atomic mass is 79.9. The first-order valence-corrected chi connectivity index (χ1v) is 11.8. The van der Waals surface area contributed by atoms with E-state index in [2.05, 4.69) is 35.0 Å². The van der Waals surface area contributed by atoms with Gasteiger partial charge in [0.1, 0.15) is 11.5 Å². The molecule has 0 N–H and O–H groups in total. The summed E-state index contributed by atoms with van der Waals surface area (Å²) in [6.07, 6.45) is 3.62. The number of halogens is 1. The minimum Gasteiger partial charge on any atom is -0.492 e. The van der Waals surface area contributed by atoms with Crippen LogP contribution >= 0.6 is 15.9 Å². The number of carbonyl (C=O) groups excluding carboxylic acids is 2. The highest BCUT2D eigenvalue weighted by Crippen LogP contribution is 2.27. The van der Waals surface area contributed by atoms with Crippen LogP contribution in [-0.2, 0) is 11.2 Å². The molecule has 0 aliphatic rings. The number of unbranched alkanes of at least 4 members (excludes halogenated alkanes) is 1. The summed E-state index contributed by atoms with van der Waals surface area (Å²) in [5, 5.41) is 0. The lowest BCUT2D eigenvalue weighted by molar-refractivity contribution is 0.0500. The van der Waals surface area contributed by atoms with Crippen LogP contribution in [0.1, 0.15) is 52.5 Å². The van der Waals surface area contributed by atoms with Gasteiger partial charge in [-0.05, 0) is 83.2 Å². The molecule has 5 nitrogen and oxygen atoms in total. The van der Waals surface area contributed by atoms with Gasteiger partial charge in [-0.1, -0.05) is 43.7 Å². The van der Waals surface area contributed by atoms with Gasteiger partial charge in [-0.3, -0.25) is 0 Å². The van der Waals surface area contributed by atoms with Gasteiger partial charge in [0, 0.05) is 0 Å². The van der Waals surface area contributed by atoms with Crippen LogP contribution in [0.15, 0.2) is 77.3 Å². The third kappa shape index (κ3) is 7.75. The predicted molar refractivity (Wildman–Crippen MR) is 131 cm³/mol. The summed E-state index contributed by atoms with van der Waals surface area (Å²) in [6, 6.07) is 21.5. The molecule has 0 saturated carbocycles. The maximum atomic E-state index is 12.5. The van der Waals surface area contributed by atoms with Gasteiger partial charge < -0.3 is 14.2 Å². The van der Waals surface area contributed by atoms with Crippen molar-refractivity contribution < 1.29 is 23.8 Å². The molecule has 0 aliphatic heterocycles. The fourth-order valence-electron chi connectivity index (χ4n) is 3.07. The topological polar surface area (TPSA) is 61.8 Å². The van der Waals surface area contributed by atoms with Crippen LogP contribution in [0.5, 0.6) is 11.5 Å². The quantitative estimate of drug-likeness (QED) is 0.164. The molecular formula is C27H27BrO5. The lowest BCUT2D eigenvalue weighted by atomic mass is 10.1. The molecule has 0 saturated heterocycles. The molecule has 0 fully saturated rings. The Labute approximate surface area is 202 Å². The van der Waals surface area contributed by atoms with Crippen molar-refractivity contribution in [2.45, 2.75) is 32.6 Å². The fourth-order valence-corrected chi connectivity index (χ4v) is 3.56. The van der Waals surface area contributed by atoms with Crippen molar-refractivity contribution in [3.63, 3.8) is 0 Å². The van der Waals surface area contributed by atoms with E-state index in [-0.39, 0.29) is 0 Å². The summed E-state index contributed by atoms with van der Waals surface area (Å²) in [5.74, 6) is 0.141. The number of carbonyl (C=O) groups is 2. The second kappa shape index (κ2) is 12.8. The summed E-state index contributed by atoms with van der Waals surface area (Å²) in [5.41, 5.74) is 2.02. The van der Waals surface area contributed by atoms with E-state index >= 15 is 0 Å². The number of aryl methyl sites for hydroxylation is 1. The van der Waals surface area contributed by atoms with Crippen molar-refractivity contribution >= 4 is 27.9 Å². The standard InChI is InChI=1S/C27H27BrO5/c1-2-3-17-31-25-16-13-22(19-24(25)28)27(30)33-23-14-11-21(12-15-23)26(29)32-18-7-10-20-8-5-4-6-9-20/h4-6,8-9,11-16,19H,2-3,7,10,17-18H2,1H3. The predicted octanol–water partition coefficient (Wildman–Crippen LogP) is 6.64. The molecule has 0 atom stereocenters. The highest BCUT2D eigenvalue weighted by Gasteiger charge is 2.13. The third-order valence-corrected chi connectivity index (χ3v) is 5.53. The normalized spacial score (nSPS) is 10.5. The number of esters is 2. The Morgan fingerprint density at radius 3 is 2.24 bits per heavy atom. The molecule has 0 spiro atoms. The van der Waals surface area contributed by atoms with Crippen molar-refractivity contribution in [1.82, 2.24) is 0 Å². The molecular weight excluding hydrogens is 484 g/mol. The van der Waals surface area contributed by atoms with Crippen molar-refractivity contribution in [2.24, 2.45) is 0 Å². The Morgan fingerprint density at radius 1 is 0.818 bits per heavy atom. The molecule has 33 heavy (non-hydrogen) atoms. The molecule has 0 aliphatic carbocycles. The molecule has 3 aromatic rings. The van der Waals surface area contributed by atoms with Crippen LogP contribution in [0, 0.1) is 0 Å². The number of ether oxygens (including phenoxy) is 3. The molecule has 0 bridgehead atoms. The molecule has 0 aromatic heterocycles. The van der Waals surface area contributed by atoms with E-state index in [1.54, 1.807) is 42.5 Å². The van der Waals surface area contributed by atoms with Crippen LogP contribution in [0.4, 0.5) is 0 Å². The van der Waals surface area contributed by atoms with Crippen LogP contribution < -0.4 is 9.47 Å². The molecule has 6 heteroatoms. The molecule has 3 aromatic carbocycles. The van der Waals surface area contributed by atoms with E-state index in [4.69, 9.17) is 14.2 Å². The van der Waals surface area contributed by atoms with Crippen LogP contribution in [0.2, 0.25) is 0 Å². The first-order chi connectivity index (χ1) is 16.1. The Morgan fingerprint density at radius 2 is 1.55 bits per heavy atom. The molecule has 3 rings (SSSR count).